The first-order valence-electron chi connectivity index (χ1n) is 17.9. The smallest absolute Gasteiger partial charge is 0.262 e. The summed E-state index contributed by atoms with van der Waals surface area (Å²) in [6.07, 6.45) is 4.32. The molecule has 5 fully saturated rings. The first-order chi connectivity index (χ1) is 23.0. The van der Waals surface area contributed by atoms with Crippen LogP contribution in [0.25, 0.3) is 10.9 Å². The fraction of sp³-hybridized carbons (Fsp3) is 0.605. The summed E-state index contributed by atoms with van der Waals surface area (Å²) in [6, 6.07) is 11.8. The molecule has 3 saturated carbocycles. The SMILES string of the molecule is CC1CC(C)CN(C(=NC2CC3CC(C2C)C3(C)C)Nc2ccc3c(=O)n(CCc4ccc(Cl)cc4Cl)c(N4CCOCC4)nc3c2)C1. The summed E-state index contributed by atoms with van der Waals surface area (Å²) in [5.74, 6) is 4.87. The number of hydrogen-bond acceptors (Lipinski definition) is 5. The van der Waals surface area contributed by atoms with Gasteiger partial charge in [-0.3, -0.25) is 9.36 Å². The number of piperidine rings is 1. The summed E-state index contributed by atoms with van der Waals surface area (Å²) in [5, 5.41) is 5.56. The molecule has 1 N–H and O–H groups in total. The predicted molar refractivity (Wildman–Crippen MR) is 198 cm³/mol. The van der Waals surface area contributed by atoms with Gasteiger partial charge in [0.1, 0.15) is 0 Å². The maximum Gasteiger partial charge on any atom is 0.262 e. The van der Waals surface area contributed by atoms with Crippen LogP contribution >= 0.6 is 23.2 Å². The quantitative estimate of drug-likeness (QED) is 0.212. The fourth-order valence-corrected chi connectivity index (χ4v) is 9.56. The molecule has 48 heavy (non-hydrogen) atoms. The molecule has 5 aliphatic rings. The Balaban J connectivity index is 1.22. The summed E-state index contributed by atoms with van der Waals surface area (Å²) in [6.45, 7) is 17.0. The Hall–Kier alpha value is -2.81. The first-order valence-corrected chi connectivity index (χ1v) is 18.6. The second-order valence-electron chi connectivity index (χ2n) is 15.6. The molecule has 0 spiro atoms. The Morgan fingerprint density at radius 3 is 2.46 bits per heavy atom. The lowest BCUT2D eigenvalue weighted by molar-refractivity contribution is -0.108. The van der Waals surface area contributed by atoms with Crippen LogP contribution in [0.1, 0.15) is 59.4 Å². The molecule has 6 unspecified atom stereocenters. The number of aryl methyl sites for hydroxylation is 1. The van der Waals surface area contributed by atoms with Crippen molar-refractivity contribution in [3.8, 4) is 0 Å². The molecule has 0 radical (unpaired) electrons. The minimum absolute atomic E-state index is 0.0523. The largest absolute Gasteiger partial charge is 0.378 e. The molecule has 8 nitrogen and oxygen atoms in total. The van der Waals surface area contributed by atoms with Crippen molar-refractivity contribution in [1.29, 1.82) is 0 Å². The van der Waals surface area contributed by atoms with Crippen LogP contribution in [0.5, 0.6) is 0 Å². The summed E-state index contributed by atoms with van der Waals surface area (Å²) < 4.78 is 7.44. The van der Waals surface area contributed by atoms with Gasteiger partial charge in [0.2, 0.25) is 5.95 Å². The highest BCUT2D eigenvalue weighted by Gasteiger charge is 2.56. The molecular weight excluding hydrogens is 643 g/mol. The van der Waals surface area contributed by atoms with E-state index in [2.05, 4.69) is 49.7 Å². The zero-order valence-corrected chi connectivity index (χ0v) is 30.5. The summed E-state index contributed by atoms with van der Waals surface area (Å²) in [4.78, 5) is 29.5. The van der Waals surface area contributed by atoms with E-state index < -0.39 is 0 Å². The number of rotatable bonds is 6. The number of hydrogen-bond donors (Lipinski definition) is 1. The molecule has 6 atom stereocenters. The van der Waals surface area contributed by atoms with Gasteiger partial charge in [0.25, 0.3) is 5.56 Å². The number of nitrogens with zero attached hydrogens (tertiary/aromatic N) is 5. The van der Waals surface area contributed by atoms with Crippen molar-refractivity contribution in [3.63, 3.8) is 0 Å². The summed E-state index contributed by atoms with van der Waals surface area (Å²) in [7, 11) is 0. The molecular formula is C38H50Cl2N6O2. The minimum Gasteiger partial charge on any atom is -0.378 e. The molecule has 3 aromatic rings. The number of ether oxygens (including phenoxy) is 1. The Morgan fingerprint density at radius 1 is 1.02 bits per heavy atom. The average molecular weight is 694 g/mol. The van der Waals surface area contributed by atoms with Crippen LogP contribution in [-0.2, 0) is 17.7 Å². The van der Waals surface area contributed by atoms with Gasteiger partial charge in [0.15, 0.2) is 5.96 Å². The predicted octanol–water partition coefficient (Wildman–Crippen LogP) is 7.60. The van der Waals surface area contributed by atoms with E-state index in [0.29, 0.717) is 95.4 Å². The molecule has 258 valence electrons. The van der Waals surface area contributed by atoms with Crippen molar-refractivity contribution in [2.75, 3.05) is 49.6 Å². The molecule has 0 amide bonds. The number of guanidine groups is 1. The van der Waals surface area contributed by atoms with Crippen molar-refractivity contribution >= 4 is 51.7 Å². The van der Waals surface area contributed by atoms with E-state index in [-0.39, 0.29) is 5.56 Å². The minimum atomic E-state index is -0.0523. The third kappa shape index (κ3) is 6.57. The third-order valence-corrected chi connectivity index (χ3v) is 12.5. The van der Waals surface area contributed by atoms with E-state index in [1.54, 1.807) is 10.6 Å². The lowest BCUT2D eigenvalue weighted by atomic mass is 9.45. The van der Waals surface area contributed by atoms with Gasteiger partial charge in [-0.2, -0.15) is 0 Å². The number of benzene rings is 2. The van der Waals surface area contributed by atoms with Gasteiger partial charge in [-0.05, 0) is 96.6 Å². The van der Waals surface area contributed by atoms with Gasteiger partial charge >= 0.3 is 0 Å². The van der Waals surface area contributed by atoms with Gasteiger partial charge in [0, 0.05) is 48.5 Å². The van der Waals surface area contributed by atoms with E-state index in [9.17, 15) is 4.79 Å². The molecule has 2 bridgehead atoms. The molecule has 1 aromatic heterocycles. The monoisotopic (exact) mass is 692 g/mol. The number of aliphatic imine (C=N–C) groups is 1. The zero-order valence-electron chi connectivity index (χ0n) is 29.0. The van der Waals surface area contributed by atoms with Crippen LogP contribution in [-0.4, -0.2) is 65.8 Å². The van der Waals surface area contributed by atoms with Crippen LogP contribution in [0, 0.1) is 35.0 Å². The van der Waals surface area contributed by atoms with E-state index in [1.807, 2.05) is 30.3 Å². The third-order valence-electron chi connectivity index (χ3n) is 11.9. The van der Waals surface area contributed by atoms with Gasteiger partial charge < -0.3 is 19.9 Å². The van der Waals surface area contributed by atoms with Crippen LogP contribution in [0.15, 0.2) is 46.2 Å². The van der Waals surface area contributed by atoms with Crippen molar-refractivity contribution in [3.05, 3.63) is 62.4 Å². The number of halogens is 2. The molecule has 8 rings (SSSR count). The lowest BCUT2D eigenvalue weighted by Crippen LogP contribution is -2.57. The number of fused-ring (bicyclic) bond motifs is 3. The van der Waals surface area contributed by atoms with Crippen molar-refractivity contribution in [2.45, 2.75) is 72.9 Å². The van der Waals surface area contributed by atoms with Gasteiger partial charge in [-0.25, -0.2) is 9.98 Å². The maximum absolute atomic E-state index is 14.1. The van der Waals surface area contributed by atoms with Crippen LogP contribution in [0.4, 0.5) is 11.6 Å². The number of nitrogens with one attached hydrogen (secondary N) is 1. The molecule has 3 heterocycles. The van der Waals surface area contributed by atoms with E-state index >= 15 is 0 Å². The maximum atomic E-state index is 14.1. The fourth-order valence-electron chi connectivity index (χ4n) is 9.06. The Kier molecular flexibility index (Phi) is 9.46. The lowest BCUT2D eigenvalue weighted by Gasteiger charge is -2.61. The number of likely N-dealkylation sites (tertiary alicyclic amines) is 1. The van der Waals surface area contributed by atoms with Crippen LogP contribution < -0.4 is 15.8 Å². The highest BCUT2D eigenvalue weighted by atomic mass is 35.5. The molecule has 2 saturated heterocycles. The second-order valence-corrected chi connectivity index (χ2v) is 16.5. The highest BCUT2D eigenvalue weighted by molar-refractivity contribution is 6.35. The van der Waals surface area contributed by atoms with Gasteiger partial charge in [-0.1, -0.05) is 63.9 Å². The molecule has 10 heteroatoms. The molecule has 2 aliphatic heterocycles. The van der Waals surface area contributed by atoms with Gasteiger partial charge in [0.05, 0.1) is 30.2 Å². The normalized spacial score (nSPS) is 28.8. The molecule has 2 aromatic carbocycles. The van der Waals surface area contributed by atoms with Crippen molar-refractivity contribution in [2.24, 2.45) is 40.0 Å². The Bertz CT molecular complexity index is 1740. The first kappa shape index (κ1) is 33.7. The Morgan fingerprint density at radius 2 is 1.77 bits per heavy atom. The second kappa shape index (κ2) is 13.5. The highest BCUT2D eigenvalue weighted by Crippen LogP contribution is 2.61. The van der Waals surface area contributed by atoms with Crippen LogP contribution in [0.2, 0.25) is 10.0 Å². The van der Waals surface area contributed by atoms with Crippen LogP contribution in [0.3, 0.4) is 0 Å². The van der Waals surface area contributed by atoms with E-state index in [0.717, 1.165) is 48.6 Å². The number of morpholine rings is 1. The van der Waals surface area contributed by atoms with Crippen molar-refractivity contribution < 1.29 is 4.74 Å². The Labute approximate surface area is 294 Å². The van der Waals surface area contributed by atoms with E-state index in [1.165, 1.54) is 12.8 Å². The van der Waals surface area contributed by atoms with E-state index in [4.69, 9.17) is 37.9 Å². The number of aromatic nitrogens is 2. The topological polar surface area (TPSA) is 75.0 Å². The average Bonchev–Trinajstić information content (AvgIpc) is 3.05. The summed E-state index contributed by atoms with van der Waals surface area (Å²) >= 11 is 12.6. The number of anilines is 2. The van der Waals surface area contributed by atoms with Gasteiger partial charge in [-0.15, -0.1) is 0 Å². The standard InChI is InChI=1S/C38H50Cl2N6O2/c1-23-16-24(2)22-45(21-23)36(42-33-18-27-17-31(25(33)3)38(27,4)5)41-29-8-9-30-34(20-29)43-37(44-12-14-48-15-13-44)46(35(30)47)11-10-26-6-7-28(39)19-32(26)40/h6-9,19-20,23-25,27,31,33H,10-18,21-22H2,1-5H3,(H,41,42). The summed E-state index contributed by atoms with van der Waals surface area (Å²) in [5.41, 5.74) is 2.90. The zero-order chi connectivity index (χ0) is 33.7. The van der Waals surface area contributed by atoms with Crippen molar-refractivity contribution in [1.82, 2.24) is 14.5 Å². The molecule has 3 aliphatic carbocycles.